The average Bonchev–Trinajstić information content (AvgIpc) is 2.93. The number of aromatic nitrogens is 3. The molecule has 0 aliphatic carbocycles. The van der Waals surface area contributed by atoms with Gasteiger partial charge >= 0.3 is 0 Å². The van der Waals surface area contributed by atoms with Crippen molar-refractivity contribution in [3.63, 3.8) is 0 Å². The molecule has 0 amide bonds. The van der Waals surface area contributed by atoms with Crippen molar-refractivity contribution in [2.45, 2.75) is 26.3 Å². The monoisotopic (exact) mass is 255 g/mol. The Balaban J connectivity index is 1.93. The number of hydrogen-bond acceptors (Lipinski definition) is 4. The van der Waals surface area contributed by atoms with Gasteiger partial charge < -0.3 is 9.88 Å². The Bertz CT molecular complexity index is 568. The maximum Gasteiger partial charge on any atom is 0.144 e. The van der Waals surface area contributed by atoms with E-state index in [0.717, 1.165) is 18.7 Å². The molecule has 1 atom stereocenters. The second kappa shape index (κ2) is 6.01. The number of imidazole rings is 1. The molecule has 0 aliphatic rings. The molecular formula is C14H17N5. The molecule has 0 saturated carbocycles. The van der Waals surface area contributed by atoms with E-state index in [9.17, 15) is 0 Å². The molecule has 2 aromatic rings. The van der Waals surface area contributed by atoms with Gasteiger partial charge in [0.1, 0.15) is 11.9 Å². The first kappa shape index (κ1) is 13.1. The van der Waals surface area contributed by atoms with Crippen molar-refractivity contribution in [2.24, 2.45) is 0 Å². The highest BCUT2D eigenvalue weighted by Crippen LogP contribution is 2.14. The second-order valence-electron chi connectivity index (χ2n) is 4.53. The summed E-state index contributed by atoms with van der Waals surface area (Å²) in [6.07, 6.45) is 6.49. The van der Waals surface area contributed by atoms with Crippen molar-refractivity contribution in [3.8, 4) is 6.07 Å². The van der Waals surface area contributed by atoms with Crippen molar-refractivity contribution in [1.29, 1.82) is 5.26 Å². The maximum atomic E-state index is 9.03. The Morgan fingerprint density at radius 3 is 3.00 bits per heavy atom. The SMILES string of the molecule is Cc1ccc(C#N)c(NCCC(C)n2ccnc2)n1. The minimum Gasteiger partial charge on any atom is -0.369 e. The molecule has 2 heterocycles. The first-order valence-corrected chi connectivity index (χ1v) is 6.29. The van der Waals surface area contributed by atoms with E-state index in [1.165, 1.54) is 0 Å². The minimum absolute atomic E-state index is 0.366. The van der Waals surface area contributed by atoms with Crippen molar-refractivity contribution in [1.82, 2.24) is 14.5 Å². The van der Waals surface area contributed by atoms with Gasteiger partial charge in [0.05, 0.1) is 11.9 Å². The van der Waals surface area contributed by atoms with Crippen LogP contribution in [0.3, 0.4) is 0 Å². The molecule has 0 saturated heterocycles. The number of nitriles is 1. The van der Waals surface area contributed by atoms with Crippen molar-refractivity contribution < 1.29 is 0 Å². The second-order valence-corrected chi connectivity index (χ2v) is 4.53. The Morgan fingerprint density at radius 2 is 2.32 bits per heavy atom. The van der Waals surface area contributed by atoms with Crippen molar-refractivity contribution >= 4 is 5.82 Å². The third-order valence-corrected chi connectivity index (χ3v) is 3.04. The van der Waals surface area contributed by atoms with Crippen LogP contribution in [0.15, 0.2) is 30.9 Å². The zero-order valence-corrected chi connectivity index (χ0v) is 11.2. The Kier molecular flexibility index (Phi) is 4.14. The average molecular weight is 255 g/mol. The summed E-state index contributed by atoms with van der Waals surface area (Å²) in [6.45, 7) is 4.82. The van der Waals surface area contributed by atoms with Crippen LogP contribution in [0.25, 0.3) is 0 Å². The Labute approximate surface area is 112 Å². The van der Waals surface area contributed by atoms with Crippen LogP contribution in [-0.2, 0) is 0 Å². The molecule has 5 nitrogen and oxygen atoms in total. The molecule has 0 bridgehead atoms. The maximum absolute atomic E-state index is 9.03. The summed E-state index contributed by atoms with van der Waals surface area (Å²) in [5, 5.41) is 12.3. The lowest BCUT2D eigenvalue weighted by atomic mass is 10.2. The van der Waals surface area contributed by atoms with E-state index in [1.54, 1.807) is 12.3 Å². The summed E-state index contributed by atoms with van der Waals surface area (Å²) >= 11 is 0. The molecule has 2 aromatic heterocycles. The van der Waals surface area contributed by atoms with Crippen molar-refractivity contribution in [2.75, 3.05) is 11.9 Å². The first-order chi connectivity index (χ1) is 9.20. The van der Waals surface area contributed by atoms with E-state index in [-0.39, 0.29) is 0 Å². The number of rotatable bonds is 5. The van der Waals surface area contributed by atoms with Gasteiger partial charge in [0, 0.05) is 30.7 Å². The van der Waals surface area contributed by atoms with E-state index in [2.05, 4.69) is 32.8 Å². The third kappa shape index (κ3) is 3.32. The molecule has 0 fully saturated rings. The lowest BCUT2D eigenvalue weighted by Crippen LogP contribution is -2.11. The van der Waals surface area contributed by atoms with Crippen LogP contribution in [0, 0.1) is 18.3 Å². The lowest BCUT2D eigenvalue weighted by molar-refractivity contribution is 0.519. The van der Waals surface area contributed by atoms with Gasteiger partial charge in [-0.15, -0.1) is 0 Å². The summed E-state index contributed by atoms with van der Waals surface area (Å²) in [7, 11) is 0. The van der Waals surface area contributed by atoms with Crippen LogP contribution in [-0.4, -0.2) is 21.1 Å². The van der Waals surface area contributed by atoms with Gasteiger partial charge in [-0.2, -0.15) is 5.26 Å². The van der Waals surface area contributed by atoms with Gasteiger partial charge in [0.2, 0.25) is 0 Å². The van der Waals surface area contributed by atoms with Gasteiger partial charge in [-0.25, -0.2) is 9.97 Å². The standard InChI is InChI=1S/C14H17N5/c1-11-3-4-13(9-15)14(18-11)17-6-5-12(2)19-8-7-16-10-19/h3-4,7-8,10,12H,5-6H2,1-2H3,(H,17,18). The van der Waals surface area contributed by atoms with Crippen LogP contribution >= 0.6 is 0 Å². The van der Waals surface area contributed by atoms with Crippen molar-refractivity contribution in [3.05, 3.63) is 42.1 Å². The summed E-state index contributed by atoms with van der Waals surface area (Å²) in [4.78, 5) is 8.39. The molecule has 0 aromatic carbocycles. The number of pyridine rings is 1. The van der Waals surface area contributed by atoms with Gasteiger partial charge in [0.25, 0.3) is 0 Å². The molecule has 2 rings (SSSR count). The number of anilines is 1. The fraction of sp³-hybridized carbons (Fsp3) is 0.357. The molecular weight excluding hydrogens is 238 g/mol. The number of nitrogens with one attached hydrogen (secondary N) is 1. The normalized spacial score (nSPS) is 11.8. The smallest absolute Gasteiger partial charge is 0.144 e. The molecule has 1 unspecified atom stereocenters. The highest BCUT2D eigenvalue weighted by molar-refractivity contribution is 5.52. The van der Waals surface area contributed by atoms with E-state index < -0.39 is 0 Å². The van der Waals surface area contributed by atoms with Gasteiger partial charge in [-0.1, -0.05) is 0 Å². The van der Waals surface area contributed by atoms with E-state index >= 15 is 0 Å². The van der Waals surface area contributed by atoms with Crippen LogP contribution in [0.5, 0.6) is 0 Å². The van der Waals surface area contributed by atoms with Gasteiger partial charge in [-0.3, -0.25) is 0 Å². The fourth-order valence-electron chi connectivity index (χ4n) is 1.86. The quantitative estimate of drug-likeness (QED) is 0.891. The summed E-state index contributed by atoms with van der Waals surface area (Å²) in [5.74, 6) is 0.667. The topological polar surface area (TPSA) is 66.5 Å². The molecule has 0 spiro atoms. The van der Waals surface area contributed by atoms with Crippen LogP contribution in [0.1, 0.15) is 30.6 Å². The van der Waals surface area contributed by atoms with E-state index in [0.29, 0.717) is 17.4 Å². The number of nitrogens with zero attached hydrogens (tertiary/aromatic N) is 4. The van der Waals surface area contributed by atoms with E-state index in [1.807, 2.05) is 25.5 Å². The lowest BCUT2D eigenvalue weighted by Gasteiger charge is -2.14. The van der Waals surface area contributed by atoms with Crippen LogP contribution in [0.4, 0.5) is 5.82 Å². The predicted octanol–water partition coefficient (Wildman–Crippen LogP) is 2.52. The number of aryl methyl sites for hydroxylation is 1. The highest BCUT2D eigenvalue weighted by Gasteiger charge is 2.06. The summed E-state index contributed by atoms with van der Waals surface area (Å²) < 4.78 is 2.07. The molecule has 0 aliphatic heterocycles. The van der Waals surface area contributed by atoms with Gasteiger partial charge in [-0.05, 0) is 32.4 Å². The molecule has 0 radical (unpaired) electrons. The third-order valence-electron chi connectivity index (χ3n) is 3.04. The zero-order valence-electron chi connectivity index (χ0n) is 11.2. The number of hydrogen-bond donors (Lipinski definition) is 1. The minimum atomic E-state index is 0.366. The summed E-state index contributed by atoms with van der Waals surface area (Å²) in [5.41, 5.74) is 1.49. The predicted molar refractivity (Wildman–Crippen MR) is 73.7 cm³/mol. The zero-order chi connectivity index (χ0) is 13.7. The molecule has 98 valence electrons. The molecule has 1 N–H and O–H groups in total. The van der Waals surface area contributed by atoms with Gasteiger partial charge in [0.15, 0.2) is 0 Å². The van der Waals surface area contributed by atoms with Crippen LogP contribution in [0.2, 0.25) is 0 Å². The molecule has 5 heteroatoms. The Hall–Kier alpha value is -2.35. The largest absolute Gasteiger partial charge is 0.369 e. The molecule has 19 heavy (non-hydrogen) atoms. The fourth-order valence-corrected chi connectivity index (χ4v) is 1.86. The first-order valence-electron chi connectivity index (χ1n) is 6.29. The van der Waals surface area contributed by atoms with Crippen LogP contribution < -0.4 is 5.32 Å². The highest BCUT2D eigenvalue weighted by atomic mass is 15.1. The Morgan fingerprint density at radius 1 is 1.47 bits per heavy atom. The van der Waals surface area contributed by atoms with E-state index in [4.69, 9.17) is 5.26 Å². The summed E-state index contributed by atoms with van der Waals surface area (Å²) in [6, 6.07) is 6.16.